The van der Waals surface area contributed by atoms with Gasteiger partial charge in [0.15, 0.2) is 0 Å². The lowest BCUT2D eigenvalue weighted by Crippen LogP contribution is -2.43. The smallest absolute Gasteiger partial charge is 0.323 e. The Morgan fingerprint density at radius 3 is 2.15 bits per heavy atom. The van der Waals surface area contributed by atoms with Crippen LogP contribution in [0.1, 0.15) is 20.3 Å². The van der Waals surface area contributed by atoms with Crippen molar-refractivity contribution in [2.24, 2.45) is 0 Å². The summed E-state index contributed by atoms with van der Waals surface area (Å²) in [5.74, 6) is -2.03. The number of carbonyl (C=O) groups is 3. The summed E-state index contributed by atoms with van der Waals surface area (Å²) in [7, 11) is -2.68. The Morgan fingerprint density at radius 1 is 1.12 bits per heavy atom. The maximum atomic E-state index is 12.6. The van der Waals surface area contributed by atoms with Crippen LogP contribution in [0.2, 0.25) is 0 Å². The van der Waals surface area contributed by atoms with Crippen LogP contribution in [0.15, 0.2) is 29.2 Å². The molecular weight excluding hydrogens is 362 g/mol. The van der Waals surface area contributed by atoms with Gasteiger partial charge in [-0.3, -0.25) is 14.4 Å². The number of benzene rings is 1. The summed E-state index contributed by atoms with van der Waals surface area (Å²) in [4.78, 5) is 35.1. The number of nitrogens with one attached hydrogen (secondary N) is 1. The zero-order chi connectivity index (χ0) is 19.9. The number of carboxylic acids is 1. The van der Waals surface area contributed by atoms with E-state index in [4.69, 9.17) is 5.11 Å². The molecule has 0 heterocycles. The molecule has 0 aromatic heterocycles. The molecule has 0 aliphatic carbocycles. The molecule has 1 aromatic carbocycles. The predicted molar refractivity (Wildman–Crippen MR) is 95.1 cm³/mol. The summed E-state index contributed by atoms with van der Waals surface area (Å²) in [5, 5.41) is 11.4. The molecule has 0 radical (unpaired) electrons. The number of rotatable bonds is 9. The minimum atomic E-state index is -3.93. The number of carbonyl (C=O) groups excluding carboxylic acids is 2. The molecule has 2 amide bonds. The van der Waals surface area contributed by atoms with Crippen molar-refractivity contribution in [3.8, 4) is 0 Å². The van der Waals surface area contributed by atoms with Crippen LogP contribution in [0.25, 0.3) is 0 Å². The molecule has 2 N–H and O–H groups in total. The van der Waals surface area contributed by atoms with E-state index in [1.807, 2.05) is 0 Å². The quantitative estimate of drug-likeness (QED) is 0.641. The highest BCUT2D eigenvalue weighted by molar-refractivity contribution is 7.89. The van der Waals surface area contributed by atoms with E-state index in [-0.39, 0.29) is 17.3 Å². The highest BCUT2D eigenvalue weighted by Gasteiger charge is 2.25. The topological polar surface area (TPSA) is 124 Å². The highest BCUT2D eigenvalue weighted by Crippen LogP contribution is 2.17. The van der Waals surface area contributed by atoms with Gasteiger partial charge in [0, 0.05) is 26.2 Å². The normalized spacial score (nSPS) is 11.2. The van der Waals surface area contributed by atoms with Gasteiger partial charge in [0.2, 0.25) is 21.8 Å². The van der Waals surface area contributed by atoms with Crippen LogP contribution in [0, 0.1) is 0 Å². The Kier molecular flexibility index (Phi) is 7.72. The second kappa shape index (κ2) is 9.30. The van der Waals surface area contributed by atoms with Gasteiger partial charge in [-0.05, 0) is 30.7 Å². The van der Waals surface area contributed by atoms with Crippen molar-refractivity contribution < 1.29 is 27.9 Å². The van der Waals surface area contributed by atoms with Crippen molar-refractivity contribution in [3.05, 3.63) is 24.3 Å². The van der Waals surface area contributed by atoms with Crippen molar-refractivity contribution in [1.29, 1.82) is 0 Å². The average molecular weight is 385 g/mol. The lowest BCUT2D eigenvalue weighted by Gasteiger charge is -2.23. The predicted octanol–water partition coefficient (Wildman–Crippen LogP) is 0.589. The number of amides is 2. The fourth-order valence-corrected chi connectivity index (χ4v) is 3.31. The van der Waals surface area contributed by atoms with Crippen LogP contribution in [0.5, 0.6) is 0 Å². The lowest BCUT2D eigenvalue weighted by molar-refractivity contribution is -0.144. The Bertz CT molecular complexity index is 761. The van der Waals surface area contributed by atoms with Gasteiger partial charge >= 0.3 is 5.97 Å². The summed E-state index contributed by atoms with van der Waals surface area (Å²) in [6.07, 6.45) is 0.556. The second-order valence-corrected chi connectivity index (χ2v) is 7.72. The van der Waals surface area contributed by atoms with Crippen molar-refractivity contribution in [2.75, 3.05) is 32.0 Å². The van der Waals surface area contributed by atoms with E-state index >= 15 is 0 Å². The van der Waals surface area contributed by atoms with Crippen LogP contribution in [0.3, 0.4) is 0 Å². The zero-order valence-corrected chi connectivity index (χ0v) is 15.7. The Balaban J connectivity index is 2.89. The highest BCUT2D eigenvalue weighted by atomic mass is 32.2. The van der Waals surface area contributed by atoms with E-state index in [1.54, 1.807) is 6.92 Å². The largest absolute Gasteiger partial charge is 0.480 e. The van der Waals surface area contributed by atoms with Gasteiger partial charge in [-0.1, -0.05) is 6.92 Å². The fourth-order valence-electron chi connectivity index (χ4n) is 2.19. The number of aliphatic carboxylic acids is 1. The number of hydrogen-bond acceptors (Lipinski definition) is 5. The second-order valence-electron chi connectivity index (χ2n) is 5.68. The molecule has 0 saturated heterocycles. The molecular formula is C16H23N3O6S. The average Bonchev–Trinajstić information content (AvgIpc) is 2.53. The number of nitrogens with zero attached hydrogens (tertiary/aromatic N) is 2. The zero-order valence-electron chi connectivity index (χ0n) is 14.9. The first-order valence-corrected chi connectivity index (χ1v) is 9.35. The molecule has 26 heavy (non-hydrogen) atoms. The van der Waals surface area contributed by atoms with Crippen LogP contribution in [0.4, 0.5) is 5.69 Å². The third kappa shape index (κ3) is 6.12. The molecule has 0 saturated carbocycles. The molecule has 0 unspecified atom stereocenters. The molecule has 144 valence electrons. The standard InChI is InChI=1S/C16H23N3O6S/c1-4-9-19(11-16(22)23)15(21)10-18(3)26(24,25)14-7-5-13(6-8-14)17-12(2)20/h5-8H,4,9-11H2,1-3H3,(H,17,20)(H,22,23). The van der Waals surface area contributed by atoms with E-state index in [0.717, 1.165) is 9.21 Å². The van der Waals surface area contributed by atoms with E-state index in [2.05, 4.69) is 5.32 Å². The van der Waals surface area contributed by atoms with Crippen molar-refractivity contribution in [1.82, 2.24) is 9.21 Å². The first-order chi connectivity index (χ1) is 12.1. The number of likely N-dealkylation sites (N-methyl/N-ethyl adjacent to an activating group) is 1. The van der Waals surface area contributed by atoms with Crippen LogP contribution in [-0.2, 0) is 24.4 Å². The van der Waals surface area contributed by atoms with Gasteiger partial charge in [0.1, 0.15) is 6.54 Å². The Hall–Kier alpha value is -2.46. The van der Waals surface area contributed by atoms with Crippen LogP contribution < -0.4 is 5.32 Å². The van der Waals surface area contributed by atoms with Crippen molar-refractivity contribution in [3.63, 3.8) is 0 Å². The van der Waals surface area contributed by atoms with Gasteiger partial charge in [0.05, 0.1) is 11.4 Å². The molecule has 0 spiro atoms. The number of carboxylic acid groups (broad SMARTS) is 1. The van der Waals surface area contributed by atoms with Crippen molar-refractivity contribution in [2.45, 2.75) is 25.2 Å². The van der Waals surface area contributed by atoms with E-state index in [9.17, 15) is 22.8 Å². The Labute approximate surface area is 152 Å². The minimum Gasteiger partial charge on any atom is -0.480 e. The van der Waals surface area contributed by atoms with Crippen LogP contribution >= 0.6 is 0 Å². The van der Waals surface area contributed by atoms with Gasteiger partial charge < -0.3 is 15.3 Å². The Morgan fingerprint density at radius 2 is 1.69 bits per heavy atom. The number of hydrogen-bond donors (Lipinski definition) is 2. The summed E-state index contributed by atoms with van der Waals surface area (Å²) in [5.41, 5.74) is 0.450. The summed E-state index contributed by atoms with van der Waals surface area (Å²) in [6.45, 7) is 2.40. The third-order valence-electron chi connectivity index (χ3n) is 3.41. The van der Waals surface area contributed by atoms with E-state index < -0.39 is 35.0 Å². The molecule has 1 rings (SSSR count). The first-order valence-electron chi connectivity index (χ1n) is 7.91. The summed E-state index contributed by atoms with van der Waals surface area (Å²) < 4.78 is 26.0. The van der Waals surface area contributed by atoms with Crippen molar-refractivity contribution >= 4 is 33.5 Å². The van der Waals surface area contributed by atoms with Gasteiger partial charge in [-0.15, -0.1) is 0 Å². The maximum Gasteiger partial charge on any atom is 0.323 e. The molecule has 0 bridgehead atoms. The molecule has 0 atom stereocenters. The van der Waals surface area contributed by atoms with Crippen LogP contribution in [-0.4, -0.2) is 67.2 Å². The van der Waals surface area contributed by atoms with Gasteiger partial charge in [0.25, 0.3) is 0 Å². The number of anilines is 1. The van der Waals surface area contributed by atoms with Gasteiger partial charge in [-0.2, -0.15) is 4.31 Å². The lowest BCUT2D eigenvalue weighted by atomic mass is 10.3. The fraction of sp³-hybridized carbons (Fsp3) is 0.438. The maximum absolute atomic E-state index is 12.6. The third-order valence-corrected chi connectivity index (χ3v) is 5.23. The molecule has 9 nitrogen and oxygen atoms in total. The SMILES string of the molecule is CCCN(CC(=O)O)C(=O)CN(C)S(=O)(=O)c1ccc(NC(C)=O)cc1. The number of sulfonamides is 1. The molecule has 0 aliphatic heterocycles. The van der Waals surface area contributed by atoms with Gasteiger partial charge in [-0.25, -0.2) is 8.42 Å². The minimum absolute atomic E-state index is 0.0396. The first kappa shape index (κ1) is 21.6. The van der Waals surface area contributed by atoms with E-state index in [0.29, 0.717) is 12.1 Å². The monoisotopic (exact) mass is 385 g/mol. The summed E-state index contributed by atoms with van der Waals surface area (Å²) in [6, 6.07) is 5.53. The summed E-state index contributed by atoms with van der Waals surface area (Å²) >= 11 is 0. The molecule has 0 aliphatic rings. The molecule has 0 fully saturated rings. The molecule has 1 aromatic rings. The van der Waals surface area contributed by atoms with E-state index in [1.165, 1.54) is 38.2 Å². The molecule has 10 heteroatoms.